The molecule has 1 heterocycles. The molecule has 3 N–H and O–H groups in total. The van der Waals surface area contributed by atoms with Gasteiger partial charge in [0.2, 0.25) is 5.91 Å². The molecule has 94 valence electrons. The van der Waals surface area contributed by atoms with Crippen molar-refractivity contribution in [2.75, 3.05) is 11.5 Å². The topological polar surface area (TPSA) is 55.1 Å². The predicted molar refractivity (Wildman–Crippen MR) is 57.1 cm³/mol. The van der Waals surface area contributed by atoms with Crippen molar-refractivity contribution in [2.24, 2.45) is 5.73 Å². The molecule has 2 atom stereocenters. The third-order valence-electron chi connectivity index (χ3n) is 2.56. The van der Waals surface area contributed by atoms with Crippen LogP contribution in [0.4, 0.5) is 13.2 Å². The minimum Gasteiger partial charge on any atom is -0.351 e. The Morgan fingerprint density at radius 2 is 2.12 bits per heavy atom. The zero-order chi connectivity index (χ0) is 12.4. The van der Waals surface area contributed by atoms with Crippen molar-refractivity contribution in [1.29, 1.82) is 0 Å². The number of nitrogens with two attached hydrogens (primary N) is 1. The smallest absolute Gasteiger partial charge is 0.351 e. The molecule has 1 aliphatic rings. The van der Waals surface area contributed by atoms with Crippen molar-refractivity contribution in [3.8, 4) is 0 Å². The third kappa shape index (κ3) is 3.04. The highest BCUT2D eigenvalue weighted by Crippen LogP contribution is 2.28. The van der Waals surface area contributed by atoms with Gasteiger partial charge in [0.05, 0.1) is 0 Å². The highest BCUT2D eigenvalue weighted by molar-refractivity contribution is 7.99. The maximum absolute atomic E-state index is 12.4. The lowest BCUT2D eigenvalue weighted by molar-refractivity contribution is -0.187. The fourth-order valence-electron chi connectivity index (χ4n) is 1.32. The highest BCUT2D eigenvalue weighted by Gasteiger charge is 2.54. The van der Waals surface area contributed by atoms with Gasteiger partial charge in [0.15, 0.2) is 5.54 Å². The van der Waals surface area contributed by atoms with E-state index in [2.05, 4.69) is 5.32 Å². The van der Waals surface area contributed by atoms with E-state index >= 15 is 0 Å². The summed E-state index contributed by atoms with van der Waals surface area (Å²) in [6.45, 7) is 0.693. The number of hydrogen-bond acceptors (Lipinski definition) is 3. The standard InChI is InChI=1S/C9H15F3N2OS/c1-8(13,9(10,11)12)7(15)14-6-3-2-4-16-5-6/h6H,2-5,13H2,1H3,(H,14,15). The summed E-state index contributed by atoms with van der Waals surface area (Å²) in [5.74, 6) is 0.498. The average Bonchev–Trinajstić information content (AvgIpc) is 2.17. The third-order valence-corrected chi connectivity index (χ3v) is 3.77. The molecule has 7 heteroatoms. The van der Waals surface area contributed by atoms with Crippen LogP contribution in [0.2, 0.25) is 0 Å². The Kier molecular flexibility index (Phi) is 4.12. The van der Waals surface area contributed by atoms with Crippen LogP contribution in [0.1, 0.15) is 19.8 Å². The first kappa shape index (κ1) is 13.6. The Hall–Kier alpha value is -0.430. The molecule has 0 radical (unpaired) electrons. The quantitative estimate of drug-likeness (QED) is 0.782. The maximum atomic E-state index is 12.4. The normalized spacial score (nSPS) is 25.9. The summed E-state index contributed by atoms with van der Waals surface area (Å²) in [5, 5.41) is 2.36. The van der Waals surface area contributed by atoms with Crippen molar-refractivity contribution in [2.45, 2.75) is 37.5 Å². The van der Waals surface area contributed by atoms with E-state index in [0.717, 1.165) is 12.2 Å². The van der Waals surface area contributed by atoms with Crippen LogP contribution in [0.5, 0.6) is 0 Å². The van der Waals surface area contributed by atoms with Crippen molar-refractivity contribution in [1.82, 2.24) is 5.32 Å². The SMILES string of the molecule is CC(N)(C(=O)NC1CCCSC1)C(F)(F)F. The molecular weight excluding hydrogens is 241 g/mol. The molecule has 0 aliphatic carbocycles. The van der Waals surface area contributed by atoms with Gasteiger partial charge in [-0.05, 0) is 25.5 Å². The van der Waals surface area contributed by atoms with Crippen LogP contribution in [0.25, 0.3) is 0 Å². The van der Waals surface area contributed by atoms with Crippen molar-refractivity contribution >= 4 is 17.7 Å². The molecule has 1 amide bonds. The molecule has 1 saturated heterocycles. The van der Waals surface area contributed by atoms with Crippen LogP contribution < -0.4 is 11.1 Å². The van der Waals surface area contributed by atoms with Gasteiger partial charge in [-0.25, -0.2) is 0 Å². The van der Waals surface area contributed by atoms with Crippen molar-refractivity contribution in [3.05, 3.63) is 0 Å². The van der Waals surface area contributed by atoms with Gasteiger partial charge < -0.3 is 11.1 Å². The predicted octanol–water partition coefficient (Wildman–Crippen LogP) is 1.28. The minimum absolute atomic E-state index is 0.198. The Balaban J connectivity index is 2.57. The lowest BCUT2D eigenvalue weighted by Crippen LogP contribution is -2.63. The Morgan fingerprint density at radius 1 is 1.50 bits per heavy atom. The fourth-order valence-corrected chi connectivity index (χ4v) is 2.39. The molecule has 1 aliphatic heterocycles. The molecule has 0 aromatic heterocycles. The summed E-state index contributed by atoms with van der Waals surface area (Å²) in [6.07, 6.45) is -3.10. The first-order valence-corrected chi connectivity index (χ1v) is 6.15. The van der Waals surface area contributed by atoms with Crippen LogP contribution in [-0.4, -0.2) is 35.2 Å². The maximum Gasteiger partial charge on any atom is 0.415 e. The molecule has 0 aromatic carbocycles. The van der Waals surface area contributed by atoms with E-state index in [4.69, 9.17) is 5.73 Å². The highest BCUT2D eigenvalue weighted by atomic mass is 32.2. The van der Waals surface area contributed by atoms with Gasteiger partial charge in [-0.3, -0.25) is 4.79 Å². The number of hydrogen-bond donors (Lipinski definition) is 2. The lowest BCUT2D eigenvalue weighted by atomic mass is 10.0. The molecule has 1 fully saturated rings. The monoisotopic (exact) mass is 256 g/mol. The van der Waals surface area contributed by atoms with E-state index in [1.54, 1.807) is 11.8 Å². The van der Waals surface area contributed by atoms with Gasteiger partial charge in [0.1, 0.15) is 0 Å². The number of thioether (sulfide) groups is 1. The Labute approximate surface area is 96.3 Å². The van der Waals surface area contributed by atoms with Crippen LogP contribution in [0, 0.1) is 0 Å². The van der Waals surface area contributed by atoms with Crippen LogP contribution in [0.3, 0.4) is 0 Å². The number of halogens is 3. The molecule has 3 nitrogen and oxygen atoms in total. The largest absolute Gasteiger partial charge is 0.415 e. The number of carbonyl (C=O) groups excluding carboxylic acids is 1. The number of carbonyl (C=O) groups is 1. The summed E-state index contributed by atoms with van der Waals surface area (Å²) in [6, 6.07) is -0.198. The minimum atomic E-state index is -4.72. The summed E-state index contributed by atoms with van der Waals surface area (Å²) < 4.78 is 37.3. The summed E-state index contributed by atoms with van der Waals surface area (Å²) in [5.41, 5.74) is 2.20. The second kappa shape index (κ2) is 4.83. The summed E-state index contributed by atoms with van der Waals surface area (Å²) in [7, 11) is 0. The van der Waals surface area contributed by atoms with Crippen LogP contribution in [0.15, 0.2) is 0 Å². The number of amides is 1. The van der Waals surface area contributed by atoms with Gasteiger partial charge in [0.25, 0.3) is 0 Å². The average molecular weight is 256 g/mol. The zero-order valence-corrected chi connectivity index (χ0v) is 9.75. The number of nitrogens with one attached hydrogen (secondary N) is 1. The molecular formula is C9H15F3N2OS. The number of alkyl halides is 3. The van der Waals surface area contributed by atoms with E-state index in [1.165, 1.54) is 0 Å². The van der Waals surface area contributed by atoms with Gasteiger partial charge >= 0.3 is 6.18 Å². The van der Waals surface area contributed by atoms with E-state index in [-0.39, 0.29) is 6.04 Å². The van der Waals surface area contributed by atoms with E-state index < -0.39 is 17.6 Å². The molecule has 0 bridgehead atoms. The van der Waals surface area contributed by atoms with Gasteiger partial charge in [0, 0.05) is 11.8 Å². The van der Waals surface area contributed by atoms with Gasteiger partial charge in [-0.2, -0.15) is 24.9 Å². The van der Waals surface area contributed by atoms with E-state index in [9.17, 15) is 18.0 Å². The van der Waals surface area contributed by atoms with E-state index in [0.29, 0.717) is 19.1 Å². The first-order chi connectivity index (χ1) is 7.25. The van der Waals surface area contributed by atoms with Crippen molar-refractivity contribution < 1.29 is 18.0 Å². The second-order valence-corrected chi connectivity index (χ2v) is 5.24. The van der Waals surface area contributed by atoms with Gasteiger partial charge in [-0.1, -0.05) is 0 Å². The molecule has 0 saturated carbocycles. The number of rotatable bonds is 2. The molecule has 2 unspecified atom stereocenters. The second-order valence-electron chi connectivity index (χ2n) is 4.09. The Morgan fingerprint density at radius 3 is 2.56 bits per heavy atom. The van der Waals surface area contributed by atoms with Crippen LogP contribution >= 0.6 is 11.8 Å². The summed E-state index contributed by atoms with van der Waals surface area (Å²) >= 11 is 1.63. The summed E-state index contributed by atoms with van der Waals surface area (Å²) in [4.78, 5) is 11.4. The molecule has 16 heavy (non-hydrogen) atoms. The first-order valence-electron chi connectivity index (χ1n) is 4.99. The van der Waals surface area contributed by atoms with Gasteiger partial charge in [-0.15, -0.1) is 0 Å². The van der Waals surface area contributed by atoms with Crippen molar-refractivity contribution in [3.63, 3.8) is 0 Å². The fraction of sp³-hybridized carbons (Fsp3) is 0.889. The lowest BCUT2D eigenvalue weighted by Gasteiger charge is -2.30. The zero-order valence-electron chi connectivity index (χ0n) is 8.93. The Bertz CT molecular complexity index is 262. The van der Waals surface area contributed by atoms with E-state index in [1.807, 2.05) is 0 Å². The molecule has 0 aromatic rings. The molecule has 1 rings (SSSR count). The molecule has 0 spiro atoms. The van der Waals surface area contributed by atoms with Crippen LogP contribution in [-0.2, 0) is 4.79 Å².